The first-order valence-corrected chi connectivity index (χ1v) is 16.0. The minimum atomic E-state index is -0.670. The van der Waals surface area contributed by atoms with E-state index >= 15 is 0 Å². The van der Waals surface area contributed by atoms with E-state index in [9.17, 15) is 19.2 Å². The third kappa shape index (κ3) is 65.2. The number of unbranched alkanes of at least 4 members (excludes halogenated alkanes) is 16. The lowest BCUT2D eigenvalue weighted by Crippen LogP contribution is -1.93. The summed E-state index contributed by atoms with van der Waals surface area (Å²) in [5, 5.41) is 33.1. The molecule has 0 heterocycles. The van der Waals surface area contributed by atoms with Crippen LogP contribution in [0.5, 0.6) is 0 Å². The summed E-state index contributed by atoms with van der Waals surface area (Å²) in [7, 11) is 0. The highest BCUT2D eigenvalue weighted by molar-refractivity contribution is 5.67. The summed E-state index contributed by atoms with van der Waals surface area (Å²) in [6.45, 7) is 8.60. The molecule has 0 aromatic rings. The van der Waals surface area contributed by atoms with Crippen LogP contribution in [0.25, 0.3) is 0 Å². The van der Waals surface area contributed by atoms with Crippen LogP contribution in [0.1, 0.15) is 182 Å². The van der Waals surface area contributed by atoms with Crippen molar-refractivity contribution in [1.82, 2.24) is 0 Å². The van der Waals surface area contributed by atoms with Crippen molar-refractivity contribution in [3.05, 3.63) is 0 Å². The molecule has 0 atom stereocenters. The Hall–Kier alpha value is -2.12. The molecule has 0 fully saturated rings. The van der Waals surface area contributed by atoms with Gasteiger partial charge in [0.25, 0.3) is 0 Å². The smallest absolute Gasteiger partial charge is 0.303 e. The van der Waals surface area contributed by atoms with Crippen LogP contribution < -0.4 is 0 Å². The first kappa shape index (κ1) is 44.9. The van der Waals surface area contributed by atoms with Crippen molar-refractivity contribution < 1.29 is 39.6 Å². The fraction of sp³-hybridized carbons (Fsp3) is 0.875. The van der Waals surface area contributed by atoms with E-state index in [4.69, 9.17) is 20.4 Å². The molecule has 0 radical (unpaired) electrons. The average Bonchev–Trinajstić information content (AvgIpc) is 2.89. The SMILES string of the molecule is CCCCCCCC(=O)O.CCCCCCCC(=O)O.CCCCCCCC(=O)O.CCCCCCCC(=O)O. The van der Waals surface area contributed by atoms with Gasteiger partial charge in [-0.05, 0) is 25.7 Å². The van der Waals surface area contributed by atoms with Crippen LogP contribution in [0.2, 0.25) is 0 Å². The quantitative estimate of drug-likeness (QED) is 0.0829. The third-order valence-electron chi connectivity index (χ3n) is 5.98. The van der Waals surface area contributed by atoms with E-state index in [1.54, 1.807) is 0 Å². The molecule has 8 nitrogen and oxygen atoms in total. The van der Waals surface area contributed by atoms with Crippen molar-refractivity contribution >= 4 is 23.9 Å². The van der Waals surface area contributed by atoms with Crippen LogP contribution in [-0.4, -0.2) is 44.3 Å². The number of hydrogen-bond donors (Lipinski definition) is 4. The number of carboxylic acids is 4. The second-order valence-corrected chi connectivity index (χ2v) is 10.2. The van der Waals surface area contributed by atoms with Crippen molar-refractivity contribution in [1.29, 1.82) is 0 Å². The Morgan fingerprint density at radius 3 is 0.575 bits per heavy atom. The van der Waals surface area contributed by atoms with Crippen molar-refractivity contribution in [2.45, 2.75) is 182 Å². The van der Waals surface area contributed by atoms with Gasteiger partial charge in [-0.1, -0.05) is 130 Å². The first-order chi connectivity index (χ1) is 19.1. The summed E-state index contributed by atoms with van der Waals surface area (Å²) in [6.07, 6.45) is 23.5. The Morgan fingerprint density at radius 1 is 0.300 bits per heavy atom. The van der Waals surface area contributed by atoms with Gasteiger partial charge in [0, 0.05) is 25.7 Å². The lowest BCUT2D eigenvalue weighted by atomic mass is 10.1. The van der Waals surface area contributed by atoms with Gasteiger partial charge in [-0.25, -0.2) is 0 Å². The lowest BCUT2D eigenvalue weighted by molar-refractivity contribution is -0.138. The molecule has 0 saturated carbocycles. The summed E-state index contributed by atoms with van der Waals surface area (Å²) in [6, 6.07) is 0. The van der Waals surface area contributed by atoms with Gasteiger partial charge in [-0.2, -0.15) is 0 Å². The number of aliphatic carboxylic acids is 4. The predicted octanol–water partition coefficient (Wildman–Crippen LogP) is 9.73. The maximum absolute atomic E-state index is 10.0. The van der Waals surface area contributed by atoms with E-state index in [-0.39, 0.29) is 0 Å². The molecule has 0 amide bonds. The maximum atomic E-state index is 10.0. The molecule has 0 spiro atoms. The van der Waals surface area contributed by atoms with E-state index in [1.807, 2.05) is 0 Å². The average molecular weight is 577 g/mol. The topological polar surface area (TPSA) is 149 Å². The molecule has 0 unspecified atom stereocenters. The van der Waals surface area contributed by atoms with Gasteiger partial charge in [0.15, 0.2) is 0 Å². The Morgan fingerprint density at radius 2 is 0.450 bits per heavy atom. The summed E-state index contributed by atoms with van der Waals surface area (Å²) in [4.78, 5) is 40.1. The van der Waals surface area contributed by atoms with Gasteiger partial charge in [-0.15, -0.1) is 0 Å². The Balaban J connectivity index is -0.000000216. The van der Waals surface area contributed by atoms with Gasteiger partial charge in [0.2, 0.25) is 0 Å². The van der Waals surface area contributed by atoms with Gasteiger partial charge in [0.1, 0.15) is 0 Å². The van der Waals surface area contributed by atoms with E-state index < -0.39 is 23.9 Å². The van der Waals surface area contributed by atoms with Crippen molar-refractivity contribution in [2.75, 3.05) is 0 Å². The van der Waals surface area contributed by atoms with Gasteiger partial charge < -0.3 is 20.4 Å². The standard InChI is InChI=1S/4C8H16O2/c4*1-2-3-4-5-6-7-8(9)10/h4*2-7H2,1H3,(H,9,10). The lowest BCUT2D eigenvalue weighted by Gasteiger charge is -1.95. The molecule has 0 aliphatic rings. The minimum absolute atomic E-state index is 0.337. The molecular formula is C32H64O8. The zero-order valence-corrected chi connectivity index (χ0v) is 26.4. The third-order valence-corrected chi connectivity index (χ3v) is 5.98. The summed E-state index contributed by atoms with van der Waals surface area (Å²) < 4.78 is 0. The van der Waals surface area contributed by atoms with Crippen molar-refractivity contribution in [3.8, 4) is 0 Å². The molecule has 0 bridgehead atoms. The Bertz CT molecular complexity index is 453. The van der Waals surface area contributed by atoms with Gasteiger partial charge in [-0.3, -0.25) is 19.2 Å². The zero-order valence-electron chi connectivity index (χ0n) is 26.4. The van der Waals surface area contributed by atoms with Crippen LogP contribution >= 0.6 is 0 Å². The van der Waals surface area contributed by atoms with E-state index in [2.05, 4.69) is 27.7 Å². The fourth-order valence-corrected chi connectivity index (χ4v) is 3.52. The zero-order chi connectivity index (χ0) is 31.3. The van der Waals surface area contributed by atoms with E-state index in [1.165, 1.54) is 77.0 Å². The Kier molecular flexibility index (Phi) is 46.4. The number of rotatable bonds is 24. The fourth-order valence-electron chi connectivity index (χ4n) is 3.52. The minimum Gasteiger partial charge on any atom is -0.481 e. The van der Waals surface area contributed by atoms with Crippen LogP contribution in [0.4, 0.5) is 0 Å². The van der Waals surface area contributed by atoms with E-state index in [0.717, 1.165) is 51.4 Å². The molecule has 0 saturated heterocycles. The predicted molar refractivity (Wildman–Crippen MR) is 164 cm³/mol. The Labute approximate surface area is 245 Å². The van der Waals surface area contributed by atoms with Crippen LogP contribution in [0.15, 0.2) is 0 Å². The molecular weight excluding hydrogens is 512 g/mol. The molecule has 0 aliphatic carbocycles. The van der Waals surface area contributed by atoms with Gasteiger partial charge in [0.05, 0.1) is 0 Å². The largest absolute Gasteiger partial charge is 0.481 e. The molecule has 8 heteroatoms. The molecule has 40 heavy (non-hydrogen) atoms. The molecule has 0 rings (SSSR count). The van der Waals surface area contributed by atoms with Crippen molar-refractivity contribution in [3.63, 3.8) is 0 Å². The van der Waals surface area contributed by atoms with E-state index in [0.29, 0.717) is 25.7 Å². The monoisotopic (exact) mass is 576 g/mol. The highest BCUT2D eigenvalue weighted by atomic mass is 16.4. The van der Waals surface area contributed by atoms with Crippen LogP contribution in [-0.2, 0) is 19.2 Å². The summed E-state index contributed by atoms with van der Waals surface area (Å²) in [5.74, 6) is -2.68. The molecule has 0 aromatic carbocycles. The number of hydrogen-bond acceptors (Lipinski definition) is 4. The second-order valence-electron chi connectivity index (χ2n) is 10.2. The first-order valence-electron chi connectivity index (χ1n) is 16.0. The van der Waals surface area contributed by atoms with Crippen molar-refractivity contribution in [2.24, 2.45) is 0 Å². The second kappa shape index (κ2) is 41.4. The normalized spacial score (nSPS) is 9.70. The van der Waals surface area contributed by atoms with Crippen LogP contribution in [0.3, 0.4) is 0 Å². The van der Waals surface area contributed by atoms with Crippen LogP contribution in [0, 0.1) is 0 Å². The number of carbonyl (C=O) groups is 4. The number of carboxylic acid groups (broad SMARTS) is 4. The summed E-state index contributed by atoms with van der Waals surface area (Å²) in [5.41, 5.74) is 0. The molecule has 4 N–H and O–H groups in total. The maximum Gasteiger partial charge on any atom is 0.303 e. The summed E-state index contributed by atoms with van der Waals surface area (Å²) >= 11 is 0. The highest BCUT2D eigenvalue weighted by Gasteiger charge is 1.97. The van der Waals surface area contributed by atoms with Gasteiger partial charge >= 0.3 is 23.9 Å². The molecule has 240 valence electrons. The highest BCUT2D eigenvalue weighted by Crippen LogP contribution is 2.06. The molecule has 0 aromatic heterocycles. The molecule has 0 aliphatic heterocycles.